The van der Waals surface area contributed by atoms with Crippen LogP contribution in [0.2, 0.25) is 0 Å². The van der Waals surface area contributed by atoms with E-state index in [2.05, 4.69) is 20.9 Å². The number of hydrogen-bond acceptors (Lipinski definition) is 6. The Kier molecular flexibility index (Phi) is 4.62. The van der Waals surface area contributed by atoms with Crippen molar-refractivity contribution in [2.24, 2.45) is 4.99 Å². The summed E-state index contributed by atoms with van der Waals surface area (Å²) in [6.45, 7) is 0. The Hall–Kier alpha value is -3.52. The number of cyclic esters (lactones) is 1. The lowest BCUT2D eigenvalue weighted by atomic mass is 10.1. The van der Waals surface area contributed by atoms with E-state index in [-0.39, 0.29) is 17.3 Å². The molecule has 0 unspecified atom stereocenters. The van der Waals surface area contributed by atoms with E-state index in [1.165, 1.54) is 18.2 Å². The number of nitro groups is 1. The number of non-ortho nitro benzene ring substituents is 1. The van der Waals surface area contributed by atoms with Gasteiger partial charge in [0, 0.05) is 33.8 Å². The number of nitro benzene ring substituents is 1. The maximum atomic E-state index is 12.1. The fourth-order valence-electron chi connectivity index (χ4n) is 2.62. The van der Waals surface area contributed by atoms with Gasteiger partial charge in [0.1, 0.15) is 11.5 Å². The van der Waals surface area contributed by atoms with Crippen LogP contribution in [0.15, 0.2) is 80.2 Å². The summed E-state index contributed by atoms with van der Waals surface area (Å²) in [5.74, 6) is 0.466. The quantitative estimate of drug-likeness (QED) is 0.248. The zero-order chi connectivity index (χ0) is 19.7. The molecule has 1 aliphatic heterocycles. The second kappa shape index (κ2) is 7.24. The molecule has 0 bridgehead atoms. The molecule has 4 rings (SSSR count). The fraction of sp³-hybridized carbons (Fsp3) is 0. The van der Waals surface area contributed by atoms with Gasteiger partial charge in [-0.25, -0.2) is 9.79 Å². The van der Waals surface area contributed by atoms with Gasteiger partial charge < -0.3 is 9.15 Å². The minimum Gasteiger partial charge on any atom is -0.457 e. The van der Waals surface area contributed by atoms with E-state index in [0.717, 1.165) is 4.47 Å². The van der Waals surface area contributed by atoms with Gasteiger partial charge in [-0.1, -0.05) is 28.1 Å². The maximum Gasteiger partial charge on any atom is 0.363 e. The zero-order valence-corrected chi connectivity index (χ0v) is 15.8. The summed E-state index contributed by atoms with van der Waals surface area (Å²) in [5.41, 5.74) is 1.32. The summed E-state index contributed by atoms with van der Waals surface area (Å²) in [5, 5.41) is 10.9. The predicted molar refractivity (Wildman–Crippen MR) is 106 cm³/mol. The molecule has 1 aliphatic rings. The minimum absolute atomic E-state index is 0.0306. The molecular formula is C20H11BrN2O5. The van der Waals surface area contributed by atoms with E-state index in [1.807, 2.05) is 12.1 Å². The van der Waals surface area contributed by atoms with Crippen LogP contribution in [0.25, 0.3) is 17.4 Å². The highest BCUT2D eigenvalue weighted by molar-refractivity contribution is 9.10. The third-order valence-electron chi connectivity index (χ3n) is 3.96. The second-order valence-electron chi connectivity index (χ2n) is 5.85. The molecule has 3 aromatic rings. The Bertz CT molecular complexity index is 1150. The molecule has 138 valence electrons. The molecule has 0 aliphatic carbocycles. The first-order valence-electron chi connectivity index (χ1n) is 8.13. The van der Waals surface area contributed by atoms with Crippen molar-refractivity contribution in [2.45, 2.75) is 0 Å². The minimum atomic E-state index is -0.578. The van der Waals surface area contributed by atoms with Crippen molar-refractivity contribution in [3.05, 3.63) is 92.3 Å². The van der Waals surface area contributed by atoms with Gasteiger partial charge in [-0.3, -0.25) is 10.1 Å². The normalized spacial score (nSPS) is 14.8. The molecule has 0 N–H and O–H groups in total. The van der Waals surface area contributed by atoms with E-state index in [4.69, 9.17) is 9.15 Å². The highest BCUT2D eigenvalue weighted by Gasteiger charge is 2.24. The number of esters is 1. The van der Waals surface area contributed by atoms with Crippen LogP contribution in [-0.4, -0.2) is 16.8 Å². The Balaban J connectivity index is 1.61. The molecule has 0 saturated carbocycles. The van der Waals surface area contributed by atoms with Crippen LogP contribution in [0.3, 0.4) is 0 Å². The van der Waals surface area contributed by atoms with Gasteiger partial charge in [0.15, 0.2) is 5.70 Å². The van der Waals surface area contributed by atoms with E-state index in [0.29, 0.717) is 22.6 Å². The van der Waals surface area contributed by atoms with Crippen molar-refractivity contribution in [1.82, 2.24) is 0 Å². The van der Waals surface area contributed by atoms with Gasteiger partial charge in [-0.15, -0.1) is 0 Å². The first-order chi connectivity index (χ1) is 13.5. The molecule has 1 aromatic heterocycles. The second-order valence-corrected chi connectivity index (χ2v) is 6.77. The van der Waals surface area contributed by atoms with Crippen LogP contribution < -0.4 is 0 Å². The van der Waals surface area contributed by atoms with E-state index in [1.54, 1.807) is 36.4 Å². The summed E-state index contributed by atoms with van der Waals surface area (Å²) in [6, 6.07) is 16.7. The smallest absolute Gasteiger partial charge is 0.363 e. The number of hydrogen-bond donors (Lipinski definition) is 0. The van der Waals surface area contributed by atoms with Crippen LogP contribution in [0.1, 0.15) is 11.3 Å². The highest BCUT2D eigenvalue weighted by Crippen LogP contribution is 2.27. The number of carbonyl (C=O) groups is 1. The number of halogens is 1. The van der Waals surface area contributed by atoms with E-state index < -0.39 is 10.9 Å². The van der Waals surface area contributed by atoms with Crippen LogP contribution in [0.5, 0.6) is 0 Å². The van der Waals surface area contributed by atoms with E-state index in [9.17, 15) is 14.9 Å². The third kappa shape index (κ3) is 3.63. The molecule has 0 amide bonds. The van der Waals surface area contributed by atoms with Gasteiger partial charge in [-0.2, -0.15) is 0 Å². The number of furan rings is 1. The standard InChI is InChI=1S/C20H11BrN2O5/c21-14-6-4-12(5-7-14)19-22-17(20(24)28-19)11-16-8-9-18(27-16)13-2-1-3-15(10-13)23(25)26/h1-11H/b17-11+. The molecule has 0 fully saturated rings. The van der Waals surface area contributed by atoms with Gasteiger partial charge in [0.25, 0.3) is 5.69 Å². The van der Waals surface area contributed by atoms with Gasteiger partial charge >= 0.3 is 5.97 Å². The predicted octanol–water partition coefficient (Wildman–Crippen LogP) is 4.96. The van der Waals surface area contributed by atoms with Gasteiger partial charge in [0.2, 0.25) is 5.90 Å². The molecule has 2 heterocycles. The number of ether oxygens (including phenoxy) is 1. The van der Waals surface area contributed by atoms with Crippen molar-refractivity contribution in [2.75, 3.05) is 0 Å². The first kappa shape index (κ1) is 17.9. The lowest BCUT2D eigenvalue weighted by Gasteiger charge is -1.98. The van der Waals surface area contributed by atoms with Crippen molar-refractivity contribution >= 4 is 39.6 Å². The van der Waals surface area contributed by atoms with Gasteiger partial charge in [0.05, 0.1) is 4.92 Å². The van der Waals surface area contributed by atoms with Crippen molar-refractivity contribution in [3.8, 4) is 11.3 Å². The number of aliphatic imine (C=N–C) groups is 1. The van der Waals surface area contributed by atoms with Gasteiger partial charge in [-0.05, 0) is 36.4 Å². The molecule has 2 aromatic carbocycles. The Morgan fingerprint density at radius 2 is 1.82 bits per heavy atom. The topological polar surface area (TPSA) is 94.9 Å². The van der Waals surface area contributed by atoms with Crippen LogP contribution in [-0.2, 0) is 9.53 Å². The summed E-state index contributed by atoms with van der Waals surface area (Å²) < 4.78 is 11.8. The third-order valence-corrected chi connectivity index (χ3v) is 4.49. The lowest BCUT2D eigenvalue weighted by Crippen LogP contribution is -2.05. The number of carbonyl (C=O) groups excluding carboxylic acids is 1. The molecule has 0 saturated heterocycles. The number of rotatable bonds is 4. The monoisotopic (exact) mass is 438 g/mol. The lowest BCUT2D eigenvalue weighted by molar-refractivity contribution is -0.384. The average Bonchev–Trinajstić information content (AvgIpc) is 3.30. The van der Waals surface area contributed by atoms with E-state index >= 15 is 0 Å². The van der Waals surface area contributed by atoms with Crippen molar-refractivity contribution in [1.29, 1.82) is 0 Å². The number of benzene rings is 2. The summed E-state index contributed by atoms with van der Waals surface area (Å²) in [7, 11) is 0. The molecule has 8 heteroatoms. The SMILES string of the molecule is O=C1OC(c2ccc(Br)cc2)=N/C1=C/c1ccc(-c2cccc([N+](=O)[O-])c2)o1. The molecule has 0 radical (unpaired) electrons. The molecular weight excluding hydrogens is 428 g/mol. The largest absolute Gasteiger partial charge is 0.457 e. The molecule has 28 heavy (non-hydrogen) atoms. The highest BCUT2D eigenvalue weighted by atomic mass is 79.9. The van der Waals surface area contributed by atoms with Crippen molar-refractivity contribution in [3.63, 3.8) is 0 Å². The zero-order valence-electron chi connectivity index (χ0n) is 14.2. The van der Waals surface area contributed by atoms with Crippen LogP contribution >= 0.6 is 15.9 Å². The van der Waals surface area contributed by atoms with Crippen LogP contribution in [0, 0.1) is 10.1 Å². The summed E-state index contributed by atoms with van der Waals surface area (Å²) >= 11 is 3.35. The first-order valence-corrected chi connectivity index (χ1v) is 8.92. The summed E-state index contributed by atoms with van der Waals surface area (Å²) in [6.07, 6.45) is 1.47. The molecule has 7 nitrogen and oxygen atoms in total. The Morgan fingerprint density at radius 1 is 1.04 bits per heavy atom. The average molecular weight is 439 g/mol. The maximum absolute atomic E-state index is 12.1. The Labute approximate surface area is 167 Å². The molecule has 0 atom stereocenters. The van der Waals surface area contributed by atoms with Crippen LogP contribution in [0.4, 0.5) is 5.69 Å². The fourth-order valence-corrected chi connectivity index (χ4v) is 2.88. The molecule has 0 spiro atoms. The number of nitrogens with zero attached hydrogens (tertiary/aromatic N) is 2. The summed E-state index contributed by atoms with van der Waals surface area (Å²) in [4.78, 5) is 26.8. The van der Waals surface area contributed by atoms with Crippen molar-refractivity contribution < 1.29 is 18.9 Å². The Morgan fingerprint density at radius 3 is 2.57 bits per heavy atom.